The van der Waals surface area contributed by atoms with E-state index < -0.39 is 11.9 Å². The van der Waals surface area contributed by atoms with E-state index in [1.165, 1.54) is 0 Å². The van der Waals surface area contributed by atoms with Crippen molar-refractivity contribution in [3.8, 4) is 11.8 Å². The number of hydrogen-bond acceptors (Lipinski definition) is 5. The molecule has 0 bridgehead atoms. The average Bonchev–Trinajstić information content (AvgIpc) is 2.61. The molecule has 2 rings (SSSR count). The molecular weight excluding hydrogens is 320 g/mol. The van der Waals surface area contributed by atoms with Gasteiger partial charge in [0.1, 0.15) is 5.75 Å². The summed E-state index contributed by atoms with van der Waals surface area (Å²) in [6.45, 7) is 3.10. The molecule has 0 saturated heterocycles. The van der Waals surface area contributed by atoms with E-state index in [1.807, 2.05) is 38.1 Å². The fraction of sp³-hybridized carbons (Fsp3) is 0.211. The molecule has 1 amide bonds. The number of hydrogen-bond donors (Lipinski definition) is 1. The van der Waals surface area contributed by atoms with Crippen LogP contribution in [0.15, 0.2) is 42.5 Å². The van der Waals surface area contributed by atoms with Gasteiger partial charge in [0, 0.05) is 5.69 Å². The highest BCUT2D eigenvalue weighted by molar-refractivity contribution is 5.93. The van der Waals surface area contributed by atoms with E-state index in [-0.39, 0.29) is 13.2 Å². The van der Waals surface area contributed by atoms with Gasteiger partial charge in [-0.25, -0.2) is 4.79 Å². The van der Waals surface area contributed by atoms with Gasteiger partial charge in [-0.1, -0.05) is 12.1 Å². The van der Waals surface area contributed by atoms with Gasteiger partial charge >= 0.3 is 5.97 Å². The summed E-state index contributed by atoms with van der Waals surface area (Å²) in [5.41, 5.74) is 3.14. The van der Waals surface area contributed by atoms with Crippen LogP contribution in [0.3, 0.4) is 0 Å². The Balaban J connectivity index is 1.76. The van der Waals surface area contributed by atoms with E-state index in [1.54, 1.807) is 24.3 Å². The monoisotopic (exact) mass is 338 g/mol. The zero-order valence-electron chi connectivity index (χ0n) is 14.0. The maximum atomic E-state index is 11.9. The SMILES string of the molecule is Cc1ccc(C)c(NC(=O)COC(=O)COc2ccc(C#N)cc2)c1. The van der Waals surface area contributed by atoms with E-state index in [9.17, 15) is 9.59 Å². The number of carbonyl (C=O) groups excluding carboxylic acids is 2. The van der Waals surface area contributed by atoms with Gasteiger partial charge in [0.05, 0.1) is 11.6 Å². The third kappa shape index (κ3) is 5.66. The Morgan fingerprint density at radius 3 is 2.48 bits per heavy atom. The summed E-state index contributed by atoms with van der Waals surface area (Å²) in [6, 6.07) is 14.0. The van der Waals surface area contributed by atoms with Gasteiger partial charge < -0.3 is 14.8 Å². The lowest BCUT2D eigenvalue weighted by Crippen LogP contribution is -2.24. The quantitative estimate of drug-likeness (QED) is 0.818. The van der Waals surface area contributed by atoms with Crippen LogP contribution in [0.1, 0.15) is 16.7 Å². The summed E-state index contributed by atoms with van der Waals surface area (Å²) in [7, 11) is 0. The number of amides is 1. The molecule has 6 heteroatoms. The van der Waals surface area contributed by atoms with Crippen molar-refractivity contribution in [2.75, 3.05) is 18.5 Å². The van der Waals surface area contributed by atoms with Gasteiger partial charge in [0.2, 0.25) is 0 Å². The largest absolute Gasteiger partial charge is 0.482 e. The number of nitrogens with one attached hydrogen (secondary N) is 1. The van der Waals surface area contributed by atoms with Crippen LogP contribution in [0.4, 0.5) is 5.69 Å². The Hall–Kier alpha value is -3.33. The highest BCUT2D eigenvalue weighted by atomic mass is 16.6. The summed E-state index contributed by atoms with van der Waals surface area (Å²) >= 11 is 0. The van der Waals surface area contributed by atoms with Crippen LogP contribution in [0.2, 0.25) is 0 Å². The van der Waals surface area contributed by atoms with Gasteiger partial charge in [0.25, 0.3) is 5.91 Å². The van der Waals surface area contributed by atoms with Crippen LogP contribution in [0.25, 0.3) is 0 Å². The van der Waals surface area contributed by atoms with Crippen molar-refractivity contribution in [2.24, 2.45) is 0 Å². The minimum Gasteiger partial charge on any atom is -0.482 e. The molecule has 0 heterocycles. The van der Waals surface area contributed by atoms with Crippen LogP contribution in [-0.2, 0) is 14.3 Å². The van der Waals surface area contributed by atoms with Crippen molar-refractivity contribution < 1.29 is 19.1 Å². The second-order valence-corrected chi connectivity index (χ2v) is 5.45. The Labute approximate surface area is 146 Å². The molecule has 0 aliphatic heterocycles. The molecule has 25 heavy (non-hydrogen) atoms. The van der Waals surface area contributed by atoms with E-state index in [2.05, 4.69) is 5.32 Å². The molecule has 1 N–H and O–H groups in total. The maximum Gasteiger partial charge on any atom is 0.344 e. The first-order chi connectivity index (χ1) is 12.0. The number of carbonyl (C=O) groups is 2. The Bertz CT molecular complexity index is 807. The molecular formula is C19H18N2O4. The predicted molar refractivity (Wildman–Crippen MR) is 92.2 cm³/mol. The molecule has 0 aliphatic rings. The number of aryl methyl sites for hydroxylation is 2. The first kappa shape index (κ1) is 18.0. The van der Waals surface area contributed by atoms with E-state index in [0.717, 1.165) is 11.1 Å². The molecule has 0 fully saturated rings. The number of nitriles is 1. The van der Waals surface area contributed by atoms with Crippen molar-refractivity contribution in [1.82, 2.24) is 0 Å². The zero-order chi connectivity index (χ0) is 18.2. The Kier molecular flexibility index (Phi) is 6.13. The van der Waals surface area contributed by atoms with Gasteiger partial charge in [0.15, 0.2) is 13.2 Å². The van der Waals surface area contributed by atoms with Crippen LogP contribution in [0, 0.1) is 25.2 Å². The van der Waals surface area contributed by atoms with Crippen LogP contribution >= 0.6 is 0 Å². The number of ether oxygens (including phenoxy) is 2. The van der Waals surface area contributed by atoms with Gasteiger partial charge in [-0.15, -0.1) is 0 Å². The Morgan fingerprint density at radius 1 is 1.08 bits per heavy atom. The molecule has 128 valence electrons. The van der Waals surface area contributed by atoms with Crippen LogP contribution in [-0.4, -0.2) is 25.1 Å². The maximum absolute atomic E-state index is 11.9. The topological polar surface area (TPSA) is 88.4 Å². The van der Waals surface area contributed by atoms with Crippen molar-refractivity contribution >= 4 is 17.6 Å². The molecule has 6 nitrogen and oxygen atoms in total. The fourth-order valence-corrected chi connectivity index (χ4v) is 2.01. The lowest BCUT2D eigenvalue weighted by Gasteiger charge is -2.10. The first-order valence-electron chi connectivity index (χ1n) is 7.63. The summed E-state index contributed by atoms with van der Waals surface area (Å²) < 4.78 is 10.1. The molecule has 0 spiro atoms. The second kappa shape index (κ2) is 8.50. The summed E-state index contributed by atoms with van der Waals surface area (Å²) in [5.74, 6) is -0.628. The minimum atomic E-state index is -0.652. The first-order valence-corrected chi connectivity index (χ1v) is 7.63. The lowest BCUT2D eigenvalue weighted by atomic mass is 10.1. The highest BCUT2D eigenvalue weighted by Crippen LogP contribution is 2.16. The molecule has 2 aromatic carbocycles. The Morgan fingerprint density at radius 2 is 1.80 bits per heavy atom. The lowest BCUT2D eigenvalue weighted by molar-refractivity contribution is -0.149. The zero-order valence-corrected chi connectivity index (χ0v) is 14.0. The van der Waals surface area contributed by atoms with Crippen molar-refractivity contribution in [3.05, 3.63) is 59.2 Å². The highest BCUT2D eigenvalue weighted by Gasteiger charge is 2.10. The number of benzene rings is 2. The molecule has 0 saturated carbocycles. The third-order valence-corrected chi connectivity index (χ3v) is 3.37. The normalized spacial score (nSPS) is 9.80. The number of esters is 1. The smallest absolute Gasteiger partial charge is 0.344 e. The van der Waals surface area contributed by atoms with E-state index >= 15 is 0 Å². The van der Waals surface area contributed by atoms with Gasteiger partial charge in [-0.05, 0) is 55.3 Å². The van der Waals surface area contributed by atoms with E-state index in [0.29, 0.717) is 17.0 Å². The summed E-state index contributed by atoms with van der Waals surface area (Å²) in [6.07, 6.45) is 0. The second-order valence-electron chi connectivity index (χ2n) is 5.45. The van der Waals surface area contributed by atoms with Crippen LogP contribution < -0.4 is 10.1 Å². The summed E-state index contributed by atoms with van der Waals surface area (Å²) in [4.78, 5) is 23.5. The fourth-order valence-electron chi connectivity index (χ4n) is 2.01. The minimum absolute atomic E-state index is 0.317. The predicted octanol–water partition coefficient (Wildman–Crippen LogP) is 2.74. The van der Waals surface area contributed by atoms with Crippen molar-refractivity contribution in [2.45, 2.75) is 13.8 Å². The van der Waals surface area contributed by atoms with Gasteiger partial charge in [-0.2, -0.15) is 5.26 Å². The third-order valence-electron chi connectivity index (χ3n) is 3.37. The number of nitrogens with zero attached hydrogens (tertiary/aromatic N) is 1. The molecule has 0 unspecified atom stereocenters. The molecule has 0 aromatic heterocycles. The molecule has 0 aliphatic carbocycles. The average molecular weight is 338 g/mol. The van der Waals surface area contributed by atoms with Crippen molar-refractivity contribution in [1.29, 1.82) is 5.26 Å². The number of rotatable bonds is 6. The molecule has 0 radical (unpaired) electrons. The molecule has 0 atom stereocenters. The standard InChI is InChI=1S/C19H18N2O4/c1-13-3-4-14(2)17(9-13)21-18(22)11-25-19(23)12-24-16-7-5-15(10-20)6-8-16/h3-9H,11-12H2,1-2H3,(H,21,22). The van der Waals surface area contributed by atoms with Crippen molar-refractivity contribution in [3.63, 3.8) is 0 Å². The van der Waals surface area contributed by atoms with E-state index in [4.69, 9.17) is 14.7 Å². The summed E-state index contributed by atoms with van der Waals surface area (Å²) in [5, 5.41) is 11.4. The molecule has 2 aromatic rings. The number of anilines is 1. The van der Waals surface area contributed by atoms with Gasteiger partial charge in [-0.3, -0.25) is 4.79 Å². The van der Waals surface area contributed by atoms with Crippen LogP contribution in [0.5, 0.6) is 5.75 Å².